The van der Waals surface area contributed by atoms with Crippen molar-refractivity contribution in [3.63, 3.8) is 0 Å². The number of nitrogens with one attached hydrogen (secondary N) is 1. The number of hydrogen-bond acceptors (Lipinski definition) is 3. The van der Waals surface area contributed by atoms with E-state index in [0.717, 1.165) is 23.9 Å². The highest BCUT2D eigenvalue weighted by molar-refractivity contribution is 7.99. The molecule has 2 heterocycles. The third-order valence-corrected chi connectivity index (χ3v) is 5.53. The normalized spacial score (nSPS) is 41.4. The zero-order valence-corrected chi connectivity index (χ0v) is 11.7. The molecule has 0 amide bonds. The largest absolute Gasteiger partial charge is 0.313 e. The van der Waals surface area contributed by atoms with E-state index in [0.29, 0.717) is 0 Å². The zero-order chi connectivity index (χ0) is 11.5. The van der Waals surface area contributed by atoms with Crippen molar-refractivity contribution in [3.05, 3.63) is 0 Å². The molecule has 0 aromatic heterocycles. The van der Waals surface area contributed by atoms with E-state index in [1.165, 1.54) is 37.4 Å². The molecule has 1 N–H and O–H groups in total. The van der Waals surface area contributed by atoms with Crippen LogP contribution in [0.3, 0.4) is 0 Å². The number of rotatable bonds is 3. The van der Waals surface area contributed by atoms with E-state index < -0.39 is 0 Å². The maximum absolute atomic E-state index is 3.82. The number of piperidine rings is 1. The fraction of sp³-hybridized carbons (Fsp3) is 1.00. The van der Waals surface area contributed by atoms with E-state index in [9.17, 15) is 0 Å². The minimum absolute atomic E-state index is 0.742. The highest BCUT2D eigenvalue weighted by Gasteiger charge is 2.29. The molecular formula is C13H26N2S. The lowest BCUT2D eigenvalue weighted by Crippen LogP contribution is -2.51. The summed E-state index contributed by atoms with van der Waals surface area (Å²) in [4.78, 5) is 2.49. The van der Waals surface area contributed by atoms with E-state index in [-0.39, 0.29) is 0 Å². The van der Waals surface area contributed by atoms with Crippen molar-refractivity contribution in [2.45, 2.75) is 38.8 Å². The fourth-order valence-electron chi connectivity index (χ4n) is 2.89. The van der Waals surface area contributed by atoms with Crippen molar-refractivity contribution in [1.29, 1.82) is 0 Å². The Morgan fingerprint density at radius 1 is 1.38 bits per heavy atom. The first-order valence-corrected chi connectivity index (χ1v) is 7.83. The molecule has 2 fully saturated rings. The van der Waals surface area contributed by atoms with Crippen LogP contribution in [0.5, 0.6) is 0 Å². The molecule has 0 spiro atoms. The molecule has 0 saturated carbocycles. The van der Waals surface area contributed by atoms with Gasteiger partial charge in [-0.2, -0.15) is 11.8 Å². The molecule has 0 aliphatic carbocycles. The number of thioether (sulfide) groups is 1. The van der Waals surface area contributed by atoms with Crippen molar-refractivity contribution in [2.24, 2.45) is 11.8 Å². The van der Waals surface area contributed by atoms with Gasteiger partial charge in [0, 0.05) is 18.6 Å². The van der Waals surface area contributed by atoms with Gasteiger partial charge in [-0.1, -0.05) is 6.92 Å². The Morgan fingerprint density at radius 2 is 2.19 bits per heavy atom. The summed E-state index contributed by atoms with van der Waals surface area (Å²) >= 11 is 2.12. The van der Waals surface area contributed by atoms with Crippen molar-refractivity contribution in [2.75, 3.05) is 31.6 Å². The molecule has 2 aliphatic heterocycles. The molecule has 4 unspecified atom stereocenters. The third-order valence-electron chi connectivity index (χ3n) is 4.30. The maximum atomic E-state index is 3.82. The molecule has 4 atom stereocenters. The summed E-state index contributed by atoms with van der Waals surface area (Å²) in [6.07, 6.45) is 2.74. The van der Waals surface area contributed by atoms with Crippen LogP contribution in [0.4, 0.5) is 0 Å². The van der Waals surface area contributed by atoms with Crippen LogP contribution >= 0.6 is 11.8 Å². The Kier molecular flexibility index (Phi) is 4.57. The van der Waals surface area contributed by atoms with Crippen LogP contribution in [0, 0.1) is 11.8 Å². The molecule has 0 aromatic carbocycles. The minimum Gasteiger partial charge on any atom is -0.313 e. The summed E-state index contributed by atoms with van der Waals surface area (Å²) in [7, 11) is 2.25. The Bertz CT molecular complexity index is 216. The van der Waals surface area contributed by atoms with Gasteiger partial charge in [0.15, 0.2) is 0 Å². The van der Waals surface area contributed by atoms with Gasteiger partial charge in [0.2, 0.25) is 0 Å². The summed E-state index contributed by atoms with van der Waals surface area (Å²) in [5.74, 6) is 4.50. The molecule has 2 nitrogen and oxygen atoms in total. The zero-order valence-electron chi connectivity index (χ0n) is 10.9. The highest BCUT2D eigenvalue weighted by Crippen LogP contribution is 2.24. The Morgan fingerprint density at radius 3 is 2.88 bits per heavy atom. The first kappa shape index (κ1) is 12.7. The smallest absolute Gasteiger partial charge is 0.0120 e. The predicted octanol–water partition coefficient (Wildman–Crippen LogP) is 2.06. The van der Waals surface area contributed by atoms with Crippen LogP contribution in [0.2, 0.25) is 0 Å². The summed E-state index contributed by atoms with van der Waals surface area (Å²) in [6.45, 7) is 7.24. The summed E-state index contributed by atoms with van der Waals surface area (Å²) in [5, 5.41) is 3.82. The molecule has 0 aromatic rings. The average molecular weight is 242 g/mol. The van der Waals surface area contributed by atoms with Crippen LogP contribution in [0.15, 0.2) is 0 Å². The van der Waals surface area contributed by atoms with Gasteiger partial charge in [-0.15, -0.1) is 0 Å². The van der Waals surface area contributed by atoms with Crippen molar-refractivity contribution < 1.29 is 0 Å². The summed E-state index contributed by atoms with van der Waals surface area (Å²) < 4.78 is 0. The molecule has 2 saturated heterocycles. The Balaban J connectivity index is 1.75. The molecule has 16 heavy (non-hydrogen) atoms. The minimum atomic E-state index is 0.742. The quantitative estimate of drug-likeness (QED) is 0.815. The number of likely N-dealkylation sites (tertiary alicyclic amines) is 1. The Labute approximate surface area is 105 Å². The maximum Gasteiger partial charge on any atom is 0.0120 e. The van der Waals surface area contributed by atoms with Gasteiger partial charge >= 0.3 is 0 Å². The van der Waals surface area contributed by atoms with Crippen LogP contribution in [-0.2, 0) is 0 Å². The topological polar surface area (TPSA) is 15.3 Å². The third kappa shape index (κ3) is 3.14. The van der Waals surface area contributed by atoms with E-state index in [1.54, 1.807) is 0 Å². The molecular weight excluding hydrogens is 216 g/mol. The summed E-state index contributed by atoms with van der Waals surface area (Å²) in [5.41, 5.74) is 0. The van der Waals surface area contributed by atoms with Crippen LogP contribution in [-0.4, -0.2) is 48.6 Å². The van der Waals surface area contributed by atoms with E-state index in [1.807, 2.05) is 0 Å². The lowest BCUT2D eigenvalue weighted by molar-refractivity contribution is 0.120. The molecule has 0 bridgehead atoms. The summed E-state index contributed by atoms with van der Waals surface area (Å²) in [6, 6.07) is 1.49. The van der Waals surface area contributed by atoms with Gasteiger partial charge < -0.3 is 10.2 Å². The van der Waals surface area contributed by atoms with Crippen LogP contribution in [0.1, 0.15) is 26.7 Å². The Hall–Kier alpha value is 0.270. The first-order chi connectivity index (χ1) is 7.66. The van der Waals surface area contributed by atoms with Crippen molar-refractivity contribution >= 4 is 11.8 Å². The average Bonchev–Trinajstić information content (AvgIpc) is 2.74. The molecule has 2 aliphatic rings. The first-order valence-electron chi connectivity index (χ1n) is 6.68. The molecule has 0 radical (unpaired) electrons. The SMILES string of the molecule is CC1CN(C)C(C)CC1NCC1CCSC1. The predicted molar refractivity (Wildman–Crippen MR) is 73.1 cm³/mol. The highest BCUT2D eigenvalue weighted by atomic mass is 32.2. The molecule has 2 rings (SSSR count). The van der Waals surface area contributed by atoms with Crippen LogP contribution < -0.4 is 5.32 Å². The van der Waals surface area contributed by atoms with Crippen LogP contribution in [0.25, 0.3) is 0 Å². The lowest BCUT2D eigenvalue weighted by Gasteiger charge is -2.40. The van der Waals surface area contributed by atoms with E-state index in [4.69, 9.17) is 0 Å². The second-order valence-corrected chi connectivity index (χ2v) is 6.90. The van der Waals surface area contributed by atoms with Gasteiger partial charge in [0.25, 0.3) is 0 Å². The molecule has 94 valence electrons. The van der Waals surface area contributed by atoms with Gasteiger partial charge in [-0.25, -0.2) is 0 Å². The second kappa shape index (κ2) is 5.74. The van der Waals surface area contributed by atoms with Gasteiger partial charge in [-0.05, 0) is 56.7 Å². The number of hydrogen-bond donors (Lipinski definition) is 1. The van der Waals surface area contributed by atoms with Gasteiger partial charge in [-0.3, -0.25) is 0 Å². The molecule has 3 heteroatoms. The number of nitrogens with zero attached hydrogens (tertiary/aromatic N) is 1. The van der Waals surface area contributed by atoms with E-state index >= 15 is 0 Å². The monoisotopic (exact) mass is 242 g/mol. The van der Waals surface area contributed by atoms with E-state index in [2.05, 4.69) is 42.9 Å². The fourth-order valence-corrected chi connectivity index (χ4v) is 4.17. The standard InChI is InChI=1S/C13H26N2S/c1-10-8-15(3)11(2)6-13(10)14-7-12-4-5-16-9-12/h10-14H,4-9H2,1-3H3. The van der Waals surface area contributed by atoms with Gasteiger partial charge in [0.1, 0.15) is 0 Å². The van der Waals surface area contributed by atoms with Crippen molar-refractivity contribution in [1.82, 2.24) is 10.2 Å². The van der Waals surface area contributed by atoms with Crippen molar-refractivity contribution in [3.8, 4) is 0 Å². The lowest BCUT2D eigenvalue weighted by atomic mass is 9.89. The second-order valence-electron chi connectivity index (χ2n) is 5.75. The van der Waals surface area contributed by atoms with Gasteiger partial charge in [0.05, 0.1) is 0 Å².